The summed E-state index contributed by atoms with van der Waals surface area (Å²) in [6.07, 6.45) is 3.13. The van der Waals surface area contributed by atoms with Crippen LogP contribution in [0.15, 0.2) is 42.6 Å². The highest BCUT2D eigenvalue weighted by molar-refractivity contribution is 5.96. The predicted octanol–water partition coefficient (Wildman–Crippen LogP) is 8.32. The molecule has 1 atom stereocenters. The van der Waals surface area contributed by atoms with Crippen molar-refractivity contribution in [2.75, 3.05) is 0 Å². The van der Waals surface area contributed by atoms with E-state index in [-0.39, 0.29) is 10.8 Å². The third kappa shape index (κ3) is 4.25. The van der Waals surface area contributed by atoms with Gasteiger partial charge in [-0.15, -0.1) is 0 Å². The summed E-state index contributed by atoms with van der Waals surface area (Å²) in [5.74, 6) is 0.578. The second kappa shape index (κ2) is 7.59. The number of nitrogens with zero attached hydrogens (tertiary/aromatic N) is 1. The third-order valence-electron chi connectivity index (χ3n) is 6.31. The minimum Gasteiger partial charge on any atom is -0.256 e. The summed E-state index contributed by atoms with van der Waals surface area (Å²) < 4.78 is 0. The molecule has 3 aromatic rings. The molecule has 0 saturated heterocycles. The summed E-state index contributed by atoms with van der Waals surface area (Å²) in [5, 5.41) is 2.53. The molecule has 1 heterocycles. The SMILES string of the molecule is CCC(C)c1ccc2c(-c3cc(C(C)(C)C)cc(C(C)(C)C)c3C)nccc2c1. The van der Waals surface area contributed by atoms with Crippen molar-refractivity contribution in [3.05, 3.63) is 64.8 Å². The Balaban J connectivity index is 2.31. The van der Waals surface area contributed by atoms with Crippen LogP contribution < -0.4 is 0 Å². The van der Waals surface area contributed by atoms with Gasteiger partial charge in [-0.1, -0.05) is 79.7 Å². The minimum absolute atomic E-state index is 0.0917. The van der Waals surface area contributed by atoms with Gasteiger partial charge in [0.15, 0.2) is 0 Å². The van der Waals surface area contributed by atoms with Crippen LogP contribution in [-0.4, -0.2) is 4.98 Å². The average Bonchev–Trinajstić information content (AvgIpc) is 2.64. The van der Waals surface area contributed by atoms with E-state index < -0.39 is 0 Å². The van der Waals surface area contributed by atoms with E-state index in [1.807, 2.05) is 6.20 Å². The lowest BCUT2D eigenvalue weighted by atomic mass is 9.76. The molecule has 0 bridgehead atoms. The molecular weight excluding hydrogens is 350 g/mol. The first-order valence-electron chi connectivity index (χ1n) is 11.0. The van der Waals surface area contributed by atoms with E-state index in [0.717, 1.165) is 12.1 Å². The van der Waals surface area contributed by atoms with E-state index in [1.165, 1.54) is 38.6 Å². The predicted molar refractivity (Wildman–Crippen MR) is 128 cm³/mol. The monoisotopic (exact) mass is 387 g/mol. The van der Waals surface area contributed by atoms with Crippen molar-refractivity contribution in [1.82, 2.24) is 4.98 Å². The van der Waals surface area contributed by atoms with Crippen LogP contribution in [-0.2, 0) is 10.8 Å². The zero-order chi connectivity index (χ0) is 21.6. The molecule has 0 spiro atoms. The number of fused-ring (bicyclic) bond motifs is 1. The second-order valence-corrected chi connectivity index (χ2v) is 10.6. The number of rotatable bonds is 3. The van der Waals surface area contributed by atoms with Crippen molar-refractivity contribution in [1.29, 1.82) is 0 Å². The van der Waals surface area contributed by atoms with Crippen LogP contribution in [0.2, 0.25) is 0 Å². The molecule has 0 aliphatic heterocycles. The first-order valence-corrected chi connectivity index (χ1v) is 11.0. The molecule has 3 rings (SSSR count). The van der Waals surface area contributed by atoms with Crippen LogP contribution in [0.1, 0.15) is 90.0 Å². The molecule has 1 nitrogen and oxygen atoms in total. The molecule has 1 aromatic heterocycles. The lowest BCUT2D eigenvalue weighted by Crippen LogP contribution is -2.18. The highest BCUT2D eigenvalue weighted by Crippen LogP contribution is 2.39. The van der Waals surface area contributed by atoms with Crippen molar-refractivity contribution in [2.24, 2.45) is 0 Å². The van der Waals surface area contributed by atoms with E-state index in [2.05, 4.69) is 98.7 Å². The number of hydrogen-bond donors (Lipinski definition) is 0. The van der Waals surface area contributed by atoms with E-state index in [1.54, 1.807) is 0 Å². The molecule has 1 heteroatoms. The van der Waals surface area contributed by atoms with E-state index >= 15 is 0 Å². The Morgan fingerprint density at radius 1 is 0.897 bits per heavy atom. The van der Waals surface area contributed by atoms with Gasteiger partial charge in [0, 0.05) is 17.1 Å². The number of benzene rings is 2. The van der Waals surface area contributed by atoms with E-state index in [0.29, 0.717) is 5.92 Å². The van der Waals surface area contributed by atoms with Gasteiger partial charge >= 0.3 is 0 Å². The smallest absolute Gasteiger partial charge is 0.0783 e. The second-order valence-electron chi connectivity index (χ2n) is 10.6. The molecule has 0 aliphatic rings. The molecule has 0 amide bonds. The summed E-state index contributed by atoms with van der Waals surface area (Å²) >= 11 is 0. The zero-order valence-electron chi connectivity index (χ0n) is 19.8. The van der Waals surface area contributed by atoms with Gasteiger partial charge in [-0.25, -0.2) is 0 Å². The Bertz CT molecular complexity index is 1030. The Hall–Kier alpha value is -2.15. The molecule has 0 fully saturated rings. The maximum atomic E-state index is 4.88. The van der Waals surface area contributed by atoms with Crippen LogP contribution in [0.4, 0.5) is 0 Å². The summed E-state index contributed by atoms with van der Waals surface area (Å²) in [6.45, 7) is 20.6. The fourth-order valence-electron chi connectivity index (χ4n) is 4.13. The lowest BCUT2D eigenvalue weighted by Gasteiger charge is -2.29. The molecule has 0 radical (unpaired) electrons. The zero-order valence-corrected chi connectivity index (χ0v) is 19.8. The quantitative estimate of drug-likeness (QED) is 0.440. The summed E-state index contributed by atoms with van der Waals surface area (Å²) in [7, 11) is 0. The van der Waals surface area contributed by atoms with Crippen molar-refractivity contribution in [3.63, 3.8) is 0 Å². The minimum atomic E-state index is 0.0917. The number of pyridine rings is 1. The van der Waals surface area contributed by atoms with E-state index in [4.69, 9.17) is 4.98 Å². The van der Waals surface area contributed by atoms with Gasteiger partial charge in [-0.05, 0) is 69.9 Å². The van der Waals surface area contributed by atoms with Crippen LogP contribution in [0.5, 0.6) is 0 Å². The van der Waals surface area contributed by atoms with Crippen molar-refractivity contribution >= 4 is 10.8 Å². The van der Waals surface area contributed by atoms with Gasteiger partial charge in [0.05, 0.1) is 5.69 Å². The fourth-order valence-corrected chi connectivity index (χ4v) is 4.13. The first kappa shape index (κ1) is 21.6. The maximum Gasteiger partial charge on any atom is 0.0783 e. The van der Waals surface area contributed by atoms with Crippen molar-refractivity contribution < 1.29 is 0 Å². The molecule has 154 valence electrons. The van der Waals surface area contributed by atoms with Gasteiger partial charge in [-0.2, -0.15) is 0 Å². The summed E-state index contributed by atoms with van der Waals surface area (Å²) in [6, 6.07) is 13.8. The topological polar surface area (TPSA) is 12.9 Å². The highest BCUT2D eigenvalue weighted by Gasteiger charge is 2.24. The third-order valence-corrected chi connectivity index (χ3v) is 6.31. The maximum absolute atomic E-state index is 4.88. The van der Waals surface area contributed by atoms with E-state index in [9.17, 15) is 0 Å². The van der Waals surface area contributed by atoms with Gasteiger partial charge in [-0.3, -0.25) is 4.98 Å². The molecule has 0 aliphatic carbocycles. The van der Waals surface area contributed by atoms with Crippen LogP contribution in [0.25, 0.3) is 22.0 Å². The molecule has 1 unspecified atom stereocenters. The Morgan fingerprint density at radius 2 is 1.59 bits per heavy atom. The molecule has 2 aromatic carbocycles. The Morgan fingerprint density at radius 3 is 2.17 bits per heavy atom. The average molecular weight is 388 g/mol. The van der Waals surface area contributed by atoms with Gasteiger partial charge in [0.2, 0.25) is 0 Å². The van der Waals surface area contributed by atoms with Crippen LogP contribution in [0.3, 0.4) is 0 Å². The first-order chi connectivity index (χ1) is 13.4. The Labute approximate surface area is 177 Å². The lowest BCUT2D eigenvalue weighted by molar-refractivity contribution is 0.566. The van der Waals surface area contributed by atoms with Crippen molar-refractivity contribution in [3.8, 4) is 11.3 Å². The molecule has 29 heavy (non-hydrogen) atoms. The largest absolute Gasteiger partial charge is 0.256 e. The van der Waals surface area contributed by atoms with Crippen LogP contribution >= 0.6 is 0 Å². The summed E-state index contributed by atoms with van der Waals surface area (Å²) in [4.78, 5) is 4.88. The standard InChI is InChI=1S/C28H37N/c1-10-18(2)20-11-12-23-21(15-20)13-14-29-26(23)24-16-22(27(4,5)6)17-25(19(24)3)28(7,8)9/h11-18H,10H2,1-9H3. The van der Waals surface area contributed by atoms with Crippen LogP contribution in [0, 0.1) is 6.92 Å². The molecular formula is C28H37N. The highest BCUT2D eigenvalue weighted by atomic mass is 14.7. The Kier molecular flexibility index (Phi) is 5.64. The van der Waals surface area contributed by atoms with Crippen molar-refractivity contribution in [2.45, 2.75) is 85.5 Å². The molecule has 0 saturated carbocycles. The van der Waals surface area contributed by atoms with Gasteiger partial charge in [0.25, 0.3) is 0 Å². The normalized spacial score (nSPS) is 13.7. The summed E-state index contributed by atoms with van der Waals surface area (Å²) in [5.41, 5.74) is 8.10. The number of hydrogen-bond acceptors (Lipinski definition) is 1. The van der Waals surface area contributed by atoms with Gasteiger partial charge < -0.3 is 0 Å². The fraction of sp³-hybridized carbons (Fsp3) is 0.464. The molecule has 0 N–H and O–H groups in total. The number of aromatic nitrogens is 1. The van der Waals surface area contributed by atoms with Gasteiger partial charge in [0.1, 0.15) is 0 Å².